The third kappa shape index (κ3) is 5.70. The van der Waals surface area contributed by atoms with Crippen molar-refractivity contribution in [3.8, 4) is 5.75 Å². The fraction of sp³-hybridized carbons (Fsp3) is 0.611. The van der Waals surface area contributed by atoms with Gasteiger partial charge in [-0.05, 0) is 42.9 Å². The molecule has 0 aromatic heterocycles. The molecule has 130 valence electrons. The average molecular weight is 341 g/mol. The molecule has 0 radical (unpaired) electrons. The molecule has 0 aliphatic heterocycles. The summed E-state index contributed by atoms with van der Waals surface area (Å²) in [6, 6.07) is 7.93. The summed E-state index contributed by atoms with van der Waals surface area (Å²) in [6.45, 7) is 1.26. The molecule has 0 unspecified atom stereocenters. The molecule has 0 atom stereocenters. The first-order valence-corrected chi connectivity index (χ1v) is 8.28. The number of nitrogens with one attached hydrogen (secondary N) is 1. The van der Waals surface area contributed by atoms with Crippen LogP contribution in [0, 0.1) is 5.41 Å². The van der Waals surface area contributed by atoms with Crippen molar-refractivity contribution in [3.05, 3.63) is 29.8 Å². The van der Waals surface area contributed by atoms with Crippen LogP contribution >= 0.6 is 12.4 Å². The maximum absolute atomic E-state index is 12.2. The number of rotatable bonds is 7. The highest BCUT2D eigenvalue weighted by Crippen LogP contribution is 2.38. The van der Waals surface area contributed by atoms with Gasteiger partial charge in [-0.15, -0.1) is 12.4 Å². The number of hydrogen-bond acceptors (Lipinski definition) is 3. The van der Waals surface area contributed by atoms with Crippen molar-refractivity contribution in [3.63, 3.8) is 0 Å². The van der Waals surface area contributed by atoms with Crippen LogP contribution in [0.5, 0.6) is 5.75 Å². The van der Waals surface area contributed by atoms with Crippen LogP contribution in [-0.2, 0) is 11.2 Å². The molecule has 1 fully saturated rings. The molecule has 1 saturated carbocycles. The van der Waals surface area contributed by atoms with Crippen molar-refractivity contribution in [2.75, 3.05) is 20.2 Å². The van der Waals surface area contributed by atoms with E-state index < -0.39 is 0 Å². The van der Waals surface area contributed by atoms with E-state index >= 15 is 0 Å². The Kier molecular flexibility index (Phi) is 8.42. The fourth-order valence-electron chi connectivity index (χ4n) is 3.40. The van der Waals surface area contributed by atoms with E-state index in [4.69, 9.17) is 10.5 Å². The summed E-state index contributed by atoms with van der Waals surface area (Å²) in [6.07, 6.45) is 7.20. The molecule has 1 aromatic carbocycles. The van der Waals surface area contributed by atoms with Gasteiger partial charge in [-0.25, -0.2) is 0 Å². The van der Waals surface area contributed by atoms with Crippen LogP contribution in [0.4, 0.5) is 0 Å². The molecule has 1 aliphatic rings. The number of ether oxygens (including phenoxy) is 1. The van der Waals surface area contributed by atoms with E-state index in [1.54, 1.807) is 7.11 Å². The Labute approximate surface area is 145 Å². The van der Waals surface area contributed by atoms with Crippen LogP contribution in [0.2, 0.25) is 0 Å². The highest BCUT2D eigenvalue weighted by Gasteiger charge is 2.32. The number of para-hydroxylation sites is 1. The predicted molar refractivity (Wildman–Crippen MR) is 96.1 cm³/mol. The highest BCUT2D eigenvalue weighted by molar-refractivity contribution is 5.85. The molecule has 23 heavy (non-hydrogen) atoms. The largest absolute Gasteiger partial charge is 0.496 e. The minimum atomic E-state index is 0. The zero-order valence-electron chi connectivity index (χ0n) is 14.0. The topological polar surface area (TPSA) is 64.3 Å². The van der Waals surface area contributed by atoms with Gasteiger partial charge in [0, 0.05) is 13.0 Å². The van der Waals surface area contributed by atoms with Crippen molar-refractivity contribution in [2.45, 2.75) is 44.9 Å². The Hall–Kier alpha value is -1.26. The summed E-state index contributed by atoms with van der Waals surface area (Å²) in [5.74, 6) is 1.00. The van der Waals surface area contributed by atoms with Gasteiger partial charge in [0.1, 0.15) is 5.75 Å². The number of carbonyl (C=O) groups excluding carboxylic acids is 1. The van der Waals surface area contributed by atoms with Crippen LogP contribution in [-0.4, -0.2) is 26.1 Å². The Balaban J connectivity index is 0.00000264. The third-order valence-corrected chi connectivity index (χ3v) is 4.79. The van der Waals surface area contributed by atoms with Crippen molar-refractivity contribution in [2.24, 2.45) is 11.1 Å². The zero-order valence-corrected chi connectivity index (χ0v) is 14.8. The number of carbonyl (C=O) groups is 1. The van der Waals surface area contributed by atoms with Crippen molar-refractivity contribution in [1.29, 1.82) is 0 Å². The lowest BCUT2D eigenvalue weighted by molar-refractivity contribution is -0.123. The van der Waals surface area contributed by atoms with Crippen LogP contribution < -0.4 is 15.8 Å². The molecule has 4 nitrogen and oxygen atoms in total. The predicted octanol–water partition coefficient (Wildman–Crippen LogP) is 3.08. The normalized spacial score (nSPS) is 16.3. The second-order valence-corrected chi connectivity index (χ2v) is 6.35. The molecule has 3 N–H and O–H groups in total. The standard InChI is InChI=1S/C18H28N2O2.ClH/c1-22-16-8-4-3-7-15(16)9-12-20-17(21)13-18(14-19)10-5-2-6-11-18;/h3-4,7-8H,2,5-6,9-14,19H2,1H3,(H,20,21);1H. The van der Waals surface area contributed by atoms with Gasteiger partial charge in [-0.3, -0.25) is 4.79 Å². The minimum absolute atomic E-state index is 0. The number of benzene rings is 1. The molecule has 0 saturated heterocycles. The first-order chi connectivity index (χ1) is 10.7. The van der Waals surface area contributed by atoms with E-state index in [1.807, 2.05) is 24.3 Å². The van der Waals surface area contributed by atoms with Crippen molar-refractivity contribution in [1.82, 2.24) is 5.32 Å². The molecular weight excluding hydrogens is 312 g/mol. The van der Waals surface area contributed by atoms with Crippen LogP contribution in [0.25, 0.3) is 0 Å². The first kappa shape index (κ1) is 19.8. The molecule has 5 heteroatoms. The molecular formula is C18H29ClN2O2. The fourth-order valence-corrected chi connectivity index (χ4v) is 3.40. The summed E-state index contributed by atoms with van der Waals surface area (Å²) in [4.78, 5) is 12.2. The molecule has 1 amide bonds. The van der Waals surface area contributed by atoms with Gasteiger partial charge in [-0.1, -0.05) is 37.5 Å². The van der Waals surface area contributed by atoms with Crippen LogP contribution in [0.15, 0.2) is 24.3 Å². The number of halogens is 1. The molecule has 2 rings (SSSR count). The molecule has 1 aromatic rings. The smallest absolute Gasteiger partial charge is 0.220 e. The second kappa shape index (κ2) is 9.78. The van der Waals surface area contributed by atoms with Gasteiger partial charge >= 0.3 is 0 Å². The lowest BCUT2D eigenvalue weighted by Crippen LogP contribution is -2.39. The summed E-state index contributed by atoms with van der Waals surface area (Å²) in [5, 5.41) is 3.04. The quantitative estimate of drug-likeness (QED) is 0.801. The van der Waals surface area contributed by atoms with E-state index in [1.165, 1.54) is 19.3 Å². The summed E-state index contributed by atoms with van der Waals surface area (Å²) < 4.78 is 5.33. The van der Waals surface area contributed by atoms with Gasteiger partial charge in [-0.2, -0.15) is 0 Å². The zero-order chi connectivity index (χ0) is 15.8. The maximum atomic E-state index is 12.2. The molecule has 0 heterocycles. The van der Waals surface area contributed by atoms with Gasteiger partial charge in [0.15, 0.2) is 0 Å². The summed E-state index contributed by atoms with van der Waals surface area (Å²) in [5.41, 5.74) is 7.10. The molecule has 0 spiro atoms. The van der Waals surface area contributed by atoms with E-state index in [9.17, 15) is 4.79 Å². The second-order valence-electron chi connectivity index (χ2n) is 6.35. The number of nitrogens with two attached hydrogens (primary N) is 1. The third-order valence-electron chi connectivity index (χ3n) is 4.79. The van der Waals surface area contributed by atoms with E-state index in [0.29, 0.717) is 19.5 Å². The van der Waals surface area contributed by atoms with Crippen molar-refractivity contribution < 1.29 is 9.53 Å². The maximum Gasteiger partial charge on any atom is 0.220 e. The summed E-state index contributed by atoms with van der Waals surface area (Å²) in [7, 11) is 1.67. The molecule has 1 aliphatic carbocycles. The number of amides is 1. The average Bonchev–Trinajstić information content (AvgIpc) is 2.56. The van der Waals surface area contributed by atoms with Crippen molar-refractivity contribution >= 4 is 18.3 Å². The van der Waals surface area contributed by atoms with Crippen LogP contribution in [0.1, 0.15) is 44.1 Å². The Bertz CT molecular complexity index is 488. The van der Waals surface area contributed by atoms with E-state index in [2.05, 4.69) is 5.32 Å². The van der Waals surface area contributed by atoms with Gasteiger partial charge in [0.25, 0.3) is 0 Å². The van der Waals surface area contributed by atoms with Gasteiger partial charge in [0.05, 0.1) is 7.11 Å². The summed E-state index contributed by atoms with van der Waals surface area (Å²) >= 11 is 0. The number of methoxy groups -OCH3 is 1. The Morgan fingerprint density at radius 2 is 1.96 bits per heavy atom. The lowest BCUT2D eigenvalue weighted by atomic mass is 9.71. The lowest BCUT2D eigenvalue weighted by Gasteiger charge is -2.35. The SMILES string of the molecule is COc1ccccc1CCNC(=O)CC1(CN)CCCCC1.Cl. The Morgan fingerprint density at radius 3 is 2.61 bits per heavy atom. The Morgan fingerprint density at radius 1 is 1.26 bits per heavy atom. The molecule has 0 bridgehead atoms. The van der Waals surface area contributed by atoms with Gasteiger partial charge in [0.2, 0.25) is 5.91 Å². The minimum Gasteiger partial charge on any atom is -0.496 e. The van der Waals surface area contributed by atoms with E-state index in [-0.39, 0.29) is 23.7 Å². The monoisotopic (exact) mass is 340 g/mol. The highest BCUT2D eigenvalue weighted by atomic mass is 35.5. The number of hydrogen-bond donors (Lipinski definition) is 2. The first-order valence-electron chi connectivity index (χ1n) is 8.28. The van der Waals surface area contributed by atoms with Gasteiger partial charge < -0.3 is 15.8 Å². The van der Waals surface area contributed by atoms with Crippen LogP contribution in [0.3, 0.4) is 0 Å². The van der Waals surface area contributed by atoms with E-state index in [0.717, 1.165) is 30.6 Å².